The van der Waals surface area contributed by atoms with Crippen LogP contribution in [0.4, 0.5) is 13.2 Å². The average molecular weight is 279 g/mol. The van der Waals surface area contributed by atoms with Gasteiger partial charge in [-0.1, -0.05) is 19.3 Å². The summed E-state index contributed by atoms with van der Waals surface area (Å²) in [5.74, 6) is -3.37. The zero-order valence-electron chi connectivity index (χ0n) is 10.4. The molecule has 0 bridgehead atoms. The molecule has 0 aromatic carbocycles. The third kappa shape index (κ3) is 2.69. The van der Waals surface area contributed by atoms with Crippen molar-refractivity contribution in [3.05, 3.63) is 0 Å². The summed E-state index contributed by atoms with van der Waals surface area (Å²) >= 11 is 0. The Morgan fingerprint density at radius 2 is 1.74 bits per heavy atom. The van der Waals surface area contributed by atoms with Crippen LogP contribution in [0, 0.1) is 5.41 Å². The third-order valence-electron chi connectivity index (χ3n) is 4.21. The van der Waals surface area contributed by atoms with E-state index in [0.717, 1.165) is 19.3 Å². The van der Waals surface area contributed by atoms with Crippen molar-refractivity contribution >= 4 is 11.9 Å². The second-order valence-corrected chi connectivity index (χ2v) is 5.55. The summed E-state index contributed by atoms with van der Waals surface area (Å²) in [6.45, 7) is -0.0810. The van der Waals surface area contributed by atoms with Gasteiger partial charge in [0.2, 0.25) is 0 Å². The molecule has 1 spiro atoms. The molecule has 1 atom stereocenters. The van der Waals surface area contributed by atoms with Crippen LogP contribution in [0.5, 0.6) is 0 Å². The number of likely N-dealkylation sites (tertiary alicyclic amines) is 1. The summed E-state index contributed by atoms with van der Waals surface area (Å²) in [6.07, 6.45) is -0.650. The van der Waals surface area contributed by atoms with Gasteiger partial charge in [-0.25, -0.2) is 4.79 Å². The van der Waals surface area contributed by atoms with Crippen LogP contribution in [0.15, 0.2) is 0 Å². The summed E-state index contributed by atoms with van der Waals surface area (Å²) in [6, 6.07) is -1.34. The number of carbonyl (C=O) groups excluding carboxylic acids is 1. The number of hydrogen-bond donors (Lipinski definition) is 1. The molecule has 1 saturated carbocycles. The first-order chi connectivity index (χ1) is 8.75. The van der Waals surface area contributed by atoms with Crippen LogP contribution in [-0.2, 0) is 9.59 Å². The Morgan fingerprint density at radius 3 is 2.21 bits per heavy atom. The van der Waals surface area contributed by atoms with Crippen molar-refractivity contribution in [3.63, 3.8) is 0 Å². The standard InChI is InChI=1S/C12H16F3NO3/c13-12(14,15)10(19)16-7-11(4-2-1-3-5-11)6-8(16)9(17)18/h8H,1-7H2,(H,17,18). The van der Waals surface area contributed by atoms with Gasteiger partial charge in [-0.05, 0) is 24.7 Å². The summed E-state index contributed by atoms with van der Waals surface area (Å²) < 4.78 is 37.5. The van der Waals surface area contributed by atoms with Crippen molar-refractivity contribution in [2.45, 2.75) is 50.7 Å². The first kappa shape index (κ1) is 14.1. The number of nitrogens with zero attached hydrogens (tertiary/aromatic N) is 1. The molecule has 1 amide bonds. The quantitative estimate of drug-likeness (QED) is 0.800. The van der Waals surface area contributed by atoms with Crippen molar-refractivity contribution in [1.82, 2.24) is 4.90 Å². The number of amides is 1. The van der Waals surface area contributed by atoms with Crippen LogP contribution < -0.4 is 0 Å². The van der Waals surface area contributed by atoms with Gasteiger partial charge in [0.25, 0.3) is 0 Å². The zero-order valence-corrected chi connectivity index (χ0v) is 10.4. The Bertz CT molecular complexity index is 388. The van der Waals surface area contributed by atoms with Crippen molar-refractivity contribution in [1.29, 1.82) is 0 Å². The Balaban J connectivity index is 2.22. The molecule has 1 aliphatic heterocycles. The van der Waals surface area contributed by atoms with E-state index < -0.39 is 29.5 Å². The smallest absolute Gasteiger partial charge is 0.471 e. The predicted molar refractivity (Wildman–Crippen MR) is 59.3 cm³/mol. The lowest BCUT2D eigenvalue weighted by Crippen LogP contribution is -2.47. The maximum Gasteiger partial charge on any atom is 0.471 e. The molecule has 4 nitrogen and oxygen atoms in total. The van der Waals surface area contributed by atoms with E-state index in [1.54, 1.807) is 0 Å². The SMILES string of the molecule is O=C(O)C1CC2(CCCCC2)CN1C(=O)C(F)(F)F. The number of carboxylic acid groups (broad SMARTS) is 1. The number of aliphatic carboxylic acids is 1. The summed E-state index contributed by atoms with van der Waals surface area (Å²) in [5.41, 5.74) is -0.428. The van der Waals surface area contributed by atoms with E-state index in [1.165, 1.54) is 0 Å². The molecule has 7 heteroatoms. The molecule has 1 unspecified atom stereocenters. The van der Waals surface area contributed by atoms with E-state index in [4.69, 9.17) is 5.11 Å². The van der Waals surface area contributed by atoms with E-state index in [2.05, 4.69) is 0 Å². The molecule has 19 heavy (non-hydrogen) atoms. The van der Waals surface area contributed by atoms with Gasteiger partial charge in [-0.2, -0.15) is 13.2 Å². The van der Waals surface area contributed by atoms with Crippen molar-refractivity contribution in [3.8, 4) is 0 Å². The van der Waals surface area contributed by atoms with Crippen LogP contribution in [0.2, 0.25) is 0 Å². The number of rotatable bonds is 1. The number of halogens is 3. The highest BCUT2D eigenvalue weighted by Crippen LogP contribution is 2.47. The van der Waals surface area contributed by atoms with Crippen molar-refractivity contribution in [2.75, 3.05) is 6.54 Å². The van der Waals surface area contributed by atoms with E-state index >= 15 is 0 Å². The number of hydrogen-bond acceptors (Lipinski definition) is 2. The topological polar surface area (TPSA) is 57.6 Å². The Kier molecular flexibility index (Phi) is 3.49. The molecule has 0 radical (unpaired) electrons. The fourth-order valence-corrected chi connectivity index (χ4v) is 3.32. The second kappa shape index (κ2) is 4.68. The van der Waals surface area contributed by atoms with Gasteiger partial charge in [-0.3, -0.25) is 4.79 Å². The molecule has 0 aromatic rings. The summed E-state index contributed by atoms with van der Waals surface area (Å²) in [7, 11) is 0. The minimum Gasteiger partial charge on any atom is -0.480 e. The highest BCUT2D eigenvalue weighted by molar-refractivity contribution is 5.87. The molecular formula is C12H16F3NO3. The largest absolute Gasteiger partial charge is 0.480 e. The fourth-order valence-electron chi connectivity index (χ4n) is 3.32. The van der Waals surface area contributed by atoms with Gasteiger partial charge in [0, 0.05) is 6.54 Å². The minimum absolute atomic E-state index is 0.0810. The fraction of sp³-hybridized carbons (Fsp3) is 0.833. The maximum absolute atomic E-state index is 12.5. The van der Waals surface area contributed by atoms with E-state index in [1.807, 2.05) is 0 Å². The van der Waals surface area contributed by atoms with E-state index in [0.29, 0.717) is 17.7 Å². The Morgan fingerprint density at radius 1 is 1.16 bits per heavy atom. The normalized spacial score (nSPS) is 26.7. The molecule has 1 aliphatic carbocycles. The first-order valence-electron chi connectivity index (χ1n) is 6.36. The number of alkyl halides is 3. The second-order valence-electron chi connectivity index (χ2n) is 5.55. The lowest BCUT2D eigenvalue weighted by molar-refractivity contribution is -0.188. The molecule has 0 aromatic heterocycles. The van der Waals surface area contributed by atoms with Gasteiger partial charge in [0.05, 0.1) is 0 Å². The summed E-state index contributed by atoms with van der Waals surface area (Å²) in [5, 5.41) is 9.05. The number of carbonyl (C=O) groups is 2. The van der Waals surface area contributed by atoms with Crippen LogP contribution in [-0.4, -0.2) is 40.6 Å². The molecule has 1 N–H and O–H groups in total. The van der Waals surface area contributed by atoms with Crippen LogP contribution in [0.3, 0.4) is 0 Å². The highest BCUT2D eigenvalue weighted by atomic mass is 19.4. The highest BCUT2D eigenvalue weighted by Gasteiger charge is 2.54. The average Bonchev–Trinajstić information content (AvgIpc) is 2.67. The number of carboxylic acids is 1. The monoisotopic (exact) mass is 279 g/mol. The Labute approximate surface area is 108 Å². The third-order valence-corrected chi connectivity index (χ3v) is 4.21. The molecule has 1 heterocycles. The molecule has 2 fully saturated rings. The van der Waals surface area contributed by atoms with Crippen LogP contribution in [0.1, 0.15) is 38.5 Å². The summed E-state index contributed by atoms with van der Waals surface area (Å²) in [4.78, 5) is 23.0. The Hall–Kier alpha value is -1.27. The molecule has 1 saturated heterocycles. The van der Waals surface area contributed by atoms with Gasteiger partial charge in [0.15, 0.2) is 0 Å². The van der Waals surface area contributed by atoms with Gasteiger partial charge in [0.1, 0.15) is 6.04 Å². The van der Waals surface area contributed by atoms with Gasteiger partial charge >= 0.3 is 18.1 Å². The van der Waals surface area contributed by atoms with Crippen molar-refractivity contribution in [2.24, 2.45) is 5.41 Å². The predicted octanol–water partition coefficient (Wildman–Crippen LogP) is 2.18. The molecule has 108 valence electrons. The maximum atomic E-state index is 12.5. The molecular weight excluding hydrogens is 263 g/mol. The molecule has 2 aliphatic rings. The van der Waals surface area contributed by atoms with Gasteiger partial charge in [-0.15, -0.1) is 0 Å². The molecule has 2 rings (SSSR count). The van der Waals surface area contributed by atoms with E-state index in [9.17, 15) is 22.8 Å². The minimum atomic E-state index is -5.01. The van der Waals surface area contributed by atoms with Crippen molar-refractivity contribution < 1.29 is 27.9 Å². The van der Waals surface area contributed by atoms with Crippen LogP contribution in [0.25, 0.3) is 0 Å². The van der Waals surface area contributed by atoms with Gasteiger partial charge < -0.3 is 10.0 Å². The lowest BCUT2D eigenvalue weighted by atomic mass is 9.73. The van der Waals surface area contributed by atoms with Crippen LogP contribution >= 0.6 is 0 Å². The first-order valence-corrected chi connectivity index (χ1v) is 6.36. The lowest BCUT2D eigenvalue weighted by Gasteiger charge is -2.33. The zero-order chi connectivity index (χ0) is 14.3. The van der Waals surface area contributed by atoms with E-state index in [-0.39, 0.29) is 13.0 Å².